The van der Waals surface area contributed by atoms with Crippen molar-refractivity contribution in [3.8, 4) is 0 Å². The molecule has 1 amide bonds. The third-order valence-electron chi connectivity index (χ3n) is 3.81. The van der Waals surface area contributed by atoms with Crippen LogP contribution < -0.4 is 10.6 Å². The van der Waals surface area contributed by atoms with Crippen molar-refractivity contribution in [3.05, 3.63) is 17.5 Å². The Labute approximate surface area is 168 Å². The molecule has 0 bridgehead atoms. The van der Waals surface area contributed by atoms with Crippen LogP contribution in [0.5, 0.6) is 0 Å². The molecule has 0 saturated carbocycles. The number of aryl methyl sites for hydroxylation is 3. The number of halogens is 1. The molecule has 0 aliphatic heterocycles. The van der Waals surface area contributed by atoms with Crippen molar-refractivity contribution in [3.63, 3.8) is 0 Å². The van der Waals surface area contributed by atoms with Crippen LogP contribution in [0, 0.1) is 13.8 Å². The van der Waals surface area contributed by atoms with Gasteiger partial charge in [0, 0.05) is 38.9 Å². The van der Waals surface area contributed by atoms with E-state index in [0.717, 1.165) is 31.6 Å². The highest BCUT2D eigenvalue weighted by Crippen LogP contribution is 2.02. The Hall–Kier alpha value is -1.32. The number of aliphatic imine (C=N–C) groups is 1. The van der Waals surface area contributed by atoms with Crippen molar-refractivity contribution >= 4 is 35.8 Å². The van der Waals surface area contributed by atoms with Gasteiger partial charge in [-0.3, -0.25) is 9.48 Å². The summed E-state index contributed by atoms with van der Waals surface area (Å²) in [6, 6.07) is 2.39. The lowest BCUT2D eigenvalue weighted by molar-refractivity contribution is -0.127. The Morgan fingerprint density at radius 3 is 2.60 bits per heavy atom. The summed E-state index contributed by atoms with van der Waals surface area (Å²) in [5.41, 5.74) is 2.22. The minimum absolute atomic E-state index is 0. The van der Waals surface area contributed by atoms with Crippen LogP contribution in [-0.4, -0.2) is 59.8 Å². The summed E-state index contributed by atoms with van der Waals surface area (Å²) < 4.78 is 2.02. The third-order valence-corrected chi connectivity index (χ3v) is 3.81. The second-order valence-corrected chi connectivity index (χ2v) is 6.34. The Balaban J connectivity index is 0.00000576. The van der Waals surface area contributed by atoms with Crippen molar-refractivity contribution in [1.29, 1.82) is 0 Å². The minimum atomic E-state index is -0.0112. The monoisotopic (exact) mass is 464 g/mol. The van der Waals surface area contributed by atoms with Gasteiger partial charge in [0.1, 0.15) is 6.54 Å². The quantitative estimate of drug-likeness (QED) is 0.267. The SMILES string of the molecule is CCC(C)NC(=NCC(=O)N(C)C)NCCCn1nc(C)cc1C.I. The van der Waals surface area contributed by atoms with Gasteiger partial charge in [0.2, 0.25) is 5.91 Å². The zero-order chi connectivity index (χ0) is 18.1. The Bertz CT molecular complexity index is 555. The maximum Gasteiger partial charge on any atom is 0.243 e. The van der Waals surface area contributed by atoms with Gasteiger partial charge >= 0.3 is 0 Å². The van der Waals surface area contributed by atoms with Crippen LogP contribution in [0.25, 0.3) is 0 Å². The van der Waals surface area contributed by atoms with E-state index in [9.17, 15) is 4.79 Å². The van der Waals surface area contributed by atoms with Gasteiger partial charge in [0.15, 0.2) is 5.96 Å². The molecule has 1 atom stereocenters. The number of nitrogens with one attached hydrogen (secondary N) is 2. The average Bonchev–Trinajstić information content (AvgIpc) is 2.85. The summed E-state index contributed by atoms with van der Waals surface area (Å²) in [7, 11) is 3.48. The third kappa shape index (κ3) is 9.08. The Morgan fingerprint density at radius 1 is 1.40 bits per heavy atom. The molecule has 144 valence electrons. The average molecular weight is 464 g/mol. The van der Waals surface area contributed by atoms with Crippen LogP contribution in [0.15, 0.2) is 11.1 Å². The maximum absolute atomic E-state index is 11.7. The number of likely N-dealkylation sites (N-methyl/N-ethyl adjacent to an activating group) is 1. The highest BCUT2D eigenvalue weighted by atomic mass is 127. The molecular weight excluding hydrogens is 431 g/mol. The summed E-state index contributed by atoms with van der Waals surface area (Å²) in [6.07, 6.45) is 1.93. The number of hydrogen-bond donors (Lipinski definition) is 2. The number of aromatic nitrogens is 2. The Morgan fingerprint density at radius 2 is 2.08 bits per heavy atom. The first-order valence-corrected chi connectivity index (χ1v) is 8.59. The summed E-state index contributed by atoms with van der Waals surface area (Å²) in [5.74, 6) is 0.677. The molecular formula is C17H33IN6O. The molecule has 0 aliphatic rings. The van der Waals surface area contributed by atoms with Gasteiger partial charge in [0.25, 0.3) is 0 Å². The molecule has 1 unspecified atom stereocenters. The molecule has 0 saturated heterocycles. The summed E-state index contributed by atoms with van der Waals surface area (Å²) >= 11 is 0. The highest BCUT2D eigenvalue weighted by molar-refractivity contribution is 14.0. The lowest BCUT2D eigenvalue weighted by Crippen LogP contribution is -2.43. The molecule has 25 heavy (non-hydrogen) atoms. The van der Waals surface area contributed by atoms with Crippen molar-refractivity contribution in [2.24, 2.45) is 4.99 Å². The smallest absolute Gasteiger partial charge is 0.243 e. The fourth-order valence-corrected chi connectivity index (χ4v) is 2.11. The van der Waals surface area contributed by atoms with Crippen molar-refractivity contribution in [2.45, 2.75) is 53.1 Å². The topological polar surface area (TPSA) is 74.6 Å². The number of rotatable bonds is 8. The van der Waals surface area contributed by atoms with Gasteiger partial charge in [-0.15, -0.1) is 24.0 Å². The van der Waals surface area contributed by atoms with Crippen molar-refractivity contribution in [1.82, 2.24) is 25.3 Å². The fraction of sp³-hybridized carbons (Fsp3) is 0.706. The molecule has 1 aromatic heterocycles. The standard InChI is InChI=1S/C17H32N6O.HI/c1-7-13(2)20-17(19-12-16(24)22(5)6)18-9-8-10-23-15(4)11-14(3)21-23;/h11,13H,7-10,12H2,1-6H3,(H2,18,19,20);1H. The molecule has 0 aromatic carbocycles. The molecule has 2 N–H and O–H groups in total. The van der Waals surface area contributed by atoms with Crippen molar-refractivity contribution in [2.75, 3.05) is 27.2 Å². The van der Waals surface area contributed by atoms with E-state index in [1.807, 2.05) is 11.6 Å². The number of amides is 1. The van der Waals surface area contributed by atoms with Crippen LogP contribution in [0.1, 0.15) is 38.1 Å². The van der Waals surface area contributed by atoms with Crippen molar-refractivity contribution < 1.29 is 4.79 Å². The van der Waals surface area contributed by atoms with E-state index in [-0.39, 0.29) is 36.4 Å². The first-order valence-electron chi connectivity index (χ1n) is 8.59. The molecule has 0 radical (unpaired) electrons. The Kier molecular flexibility index (Phi) is 11.5. The van der Waals surface area contributed by atoms with E-state index < -0.39 is 0 Å². The van der Waals surface area contributed by atoms with Gasteiger partial charge in [-0.25, -0.2) is 4.99 Å². The summed E-state index contributed by atoms with van der Waals surface area (Å²) in [4.78, 5) is 17.6. The molecule has 1 rings (SSSR count). The maximum atomic E-state index is 11.7. The van der Waals surface area contributed by atoms with E-state index in [2.05, 4.69) is 47.6 Å². The van der Waals surface area contributed by atoms with Gasteiger partial charge in [-0.1, -0.05) is 6.92 Å². The number of carbonyl (C=O) groups excluding carboxylic acids is 1. The van der Waals surface area contributed by atoms with Gasteiger partial charge in [0.05, 0.1) is 5.69 Å². The lowest BCUT2D eigenvalue weighted by atomic mass is 10.3. The van der Waals surface area contributed by atoms with E-state index >= 15 is 0 Å². The molecule has 0 aliphatic carbocycles. The minimum Gasteiger partial charge on any atom is -0.356 e. The van der Waals surface area contributed by atoms with Crippen LogP contribution in [-0.2, 0) is 11.3 Å². The fourth-order valence-electron chi connectivity index (χ4n) is 2.11. The molecule has 1 heterocycles. The number of carbonyl (C=O) groups is 1. The van der Waals surface area contributed by atoms with E-state index in [0.29, 0.717) is 12.0 Å². The molecule has 1 aromatic rings. The predicted molar refractivity (Wildman–Crippen MR) is 114 cm³/mol. The predicted octanol–water partition coefficient (Wildman–Crippen LogP) is 1.93. The van der Waals surface area contributed by atoms with Crippen LogP contribution in [0.2, 0.25) is 0 Å². The van der Waals surface area contributed by atoms with Crippen LogP contribution in [0.4, 0.5) is 0 Å². The summed E-state index contributed by atoms with van der Waals surface area (Å²) in [6.45, 7) is 10.1. The summed E-state index contributed by atoms with van der Waals surface area (Å²) in [5, 5.41) is 11.1. The number of nitrogens with zero attached hydrogens (tertiary/aromatic N) is 4. The number of guanidine groups is 1. The highest BCUT2D eigenvalue weighted by Gasteiger charge is 2.07. The molecule has 0 fully saturated rings. The van der Waals surface area contributed by atoms with E-state index in [1.165, 1.54) is 5.69 Å². The first kappa shape index (κ1) is 23.7. The molecule has 8 heteroatoms. The molecule has 7 nitrogen and oxygen atoms in total. The second-order valence-electron chi connectivity index (χ2n) is 6.34. The molecule has 0 spiro atoms. The van der Waals surface area contributed by atoms with Crippen LogP contribution >= 0.6 is 24.0 Å². The zero-order valence-corrected chi connectivity index (χ0v) is 18.6. The van der Waals surface area contributed by atoms with E-state index in [1.54, 1.807) is 19.0 Å². The van der Waals surface area contributed by atoms with Gasteiger partial charge in [-0.2, -0.15) is 5.10 Å². The number of hydrogen-bond acceptors (Lipinski definition) is 3. The second kappa shape index (κ2) is 12.1. The normalized spacial score (nSPS) is 12.3. The zero-order valence-electron chi connectivity index (χ0n) is 16.3. The largest absolute Gasteiger partial charge is 0.356 e. The van der Waals surface area contributed by atoms with Gasteiger partial charge < -0.3 is 15.5 Å². The van der Waals surface area contributed by atoms with E-state index in [4.69, 9.17) is 0 Å². The van der Waals surface area contributed by atoms with Crippen LogP contribution in [0.3, 0.4) is 0 Å². The first-order chi connectivity index (χ1) is 11.3. The lowest BCUT2D eigenvalue weighted by Gasteiger charge is -2.17. The van der Waals surface area contributed by atoms with Gasteiger partial charge in [-0.05, 0) is 39.7 Å².